The molecule has 0 fully saturated rings. The summed E-state index contributed by atoms with van der Waals surface area (Å²) in [5.41, 5.74) is 8.90. The molecule has 21 heavy (non-hydrogen) atoms. The Morgan fingerprint density at radius 2 is 1.95 bits per heavy atom. The zero-order chi connectivity index (χ0) is 14.4. The summed E-state index contributed by atoms with van der Waals surface area (Å²) in [6.07, 6.45) is 1.17. The summed E-state index contributed by atoms with van der Waals surface area (Å²) in [6, 6.07) is 6.16. The lowest BCUT2D eigenvalue weighted by atomic mass is 10.1. The number of hydrogen-bond donors (Lipinski definition) is 2. The van der Waals surface area contributed by atoms with E-state index in [0.717, 1.165) is 17.8 Å². The first-order chi connectivity index (χ1) is 8.88. The van der Waals surface area contributed by atoms with Gasteiger partial charge in [-0.25, -0.2) is 0 Å². The number of halogens is 2. The van der Waals surface area contributed by atoms with Gasteiger partial charge in [0.25, 0.3) is 0 Å². The summed E-state index contributed by atoms with van der Waals surface area (Å²) in [5.74, 6) is 0.0289. The van der Waals surface area contributed by atoms with Crippen LogP contribution in [-0.4, -0.2) is 30.9 Å². The molecule has 0 saturated carbocycles. The van der Waals surface area contributed by atoms with Crippen molar-refractivity contribution in [1.82, 2.24) is 4.90 Å². The number of amides is 1. The molecule has 1 rings (SSSR count). The minimum Gasteiger partial charge on any atom is -0.328 e. The zero-order valence-corrected chi connectivity index (χ0v) is 14.8. The number of carbonyl (C=O) groups excluding carboxylic acids is 1. The molecule has 0 aliphatic carbocycles. The first-order valence-electron chi connectivity index (χ1n) is 6.68. The minimum absolute atomic E-state index is 0. The molecule has 1 aromatic carbocycles. The summed E-state index contributed by atoms with van der Waals surface area (Å²) in [4.78, 5) is 13.9. The Kier molecular flexibility index (Phi) is 11.6. The molecule has 4 nitrogen and oxygen atoms in total. The summed E-state index contributed by atoms with van der Waals surface area (Å²) < 4.78 is 0. The predicted molar refractivity (Wildman–Crippen MR) is 94.6 cm³/mol. The third-order valence-corrected chi connectivity index (χ3v) is 2.85. The second kappa shape index (κ2) is 10.9. The highest BCUT2D eigenvalue weighted by atomic mass is 35.5. The lowest BCUT2D eigenvalue weighted by Gasteiger charge is -2.16. The zero-order valence-electron chi connectivity index (χ0n) is 13.2. The van der Waals surface area contributed by atoms with Crippen molar-refractivity contribution >= 4 is 36.4 Å². The molecule has 6 heteroatoms. The summed E-state index contributed by atoms with van der Waals surface area (Å²) in [6.45, 7) is 4.78. The molecule has 0 aliphatic heterocycles. The van der Waals surface area contributed by atoms with Gasteiger partial charge in [0.1, 0.15) is 0 Å². The molecule has 1 aromatic rings. The van der Waals surface area contributed by atoms with Crippen molar-refractivity contribution in [3.63, 3.8) is 0 Å². The predicted octanol–water partition coefficient (Wildman–Crippen LogP) is 2.97. The maximum absolute atomic E-state index is 11.9. The van der Waals surface area contributed by atoms with Crippen molar-refractivity contribution in [3.8, 4) is 0 Å². The SMILES string of the molecule is Cc1ccc(NC(=O)CCC(C)N)c(CN(C)C)c1.Cl.Cl. The van der Waals surface area contributed by atoms with Crippen LogP contribution in [-0.2, 0) is 11.3 Å². The minimum atomic E-state index is 0. The Balaban J connectivity index is 0. The molecule has 0 bridgehead atoms. The van der Waals surface area contributed by atoms with Crippen LogP contribution in [0.2, 0.25) is 0 Å². The number of nitrogens with one attached hydrogen (secondary N) is 1. The van der Waals surface area contributed by atoms with Crippen LogP contribution < -0.4 is 11.1 Å². The van der Waals surface area contributed by atoms with Gasteiger partial charge in [0.15, 0.2) is 0 Å². The van der Waals surface area contributed by atoms with Crippen LogP contribution in [0.5, 0.6) is 0 Å². The van der Waals surface area contributed by atoms with Crippen molar-refractivity contribution < 1.29 is 4.79 Å². The number of carbonyl (C=O) groups is 1. The fourth-order valence-corrected chi connectivity index (χ4v) is 1.89. The van der Waals surface area contributed by atoms with Crippen molar-refractivity contribution in [1.29, 1.82) is 0 Å². The van der Waals surface area contributed by atoms with Crippen molar-refractivity contribution in [2.45, 2.75) is 39.3 Å². The standard InChI is InChI=1S/C15H25N3O.2ClH/c1-11-5-7-14(13(9-11)10-18(3)4)17-15(19)8-6-12(2)16;;/h5,7,9,12H,6,8,10,16H2,1-4H3,(H,17,19);2*1H. The first kappa shape index (κ1) is 22.5. The van der Waals surface area contributed by atoms with Gasteiger partial charge in [0.05, 0.1) is 0 Å². The quantitative estimate of drug-likeness (QED) is 0.840. The van der Waals surface area contributed by atoms with Gasteiger partial charge >= 0.3 is 0 Å². The third-order valence-electron chi connectivity index (χ3n) is 2.85. The van der Waals surface area contributed by atoms with Gasteiger partial charge in [-0.2, -0.15) is 0 Å². The average Bonchev–Trinajstić information content (AvgIpc) is 2.29. The van der Waals surface area contributed by atoms with Crippen molar-refractivity contribution in [2.75, 3.05) is 19.4 Å². The molecule has 0 radical (unpaired) electrons. The molecule has 3 N–H and O–H groups in total. The Morgan fingerprint density at radius 1 is 1.33 bits per heavy atom. The summed E-state index contributed by atoms with van der Waals surface area (Å²) in [5, 5.41) is 2.98. The van der Waals surface area contributed by atoms with Crippen LogP contribution >= 0.6 is 24.8 Å². The third kappa shape index (κ3) is 8.94. The highest BCUT2D eigenvalue weighted by molar-refractivity contribution is 5.91. The summed E-state index contributed by atoms with van der Waals surface area (Å²) >= 11 is 0. The van der Waals surface area contributed by atoms with Gasteiger partial charge in [-0.3, -0.25) is 4.79 Å². The van der Waals surface area contributed by atoms with Gasteiger partial charge in [0, 0.05) is 24.7 Å². The molecule has 1 unspecified atom stereocenters. The monoisotopic (exact) mass is 335 g/mol. The van der Waals surface area contributed by atoms with E-state index >= 15 is 0 Å². The van der Waals surface area contributed by atoms with E-state index in [9.17, 15) is 4.79 Å². The van der Waals surface area contributed by atoms with Crippen LogP contribution in [0.15, 0.2) is 18.2 Å². The largest absolute Gasteiger partial charge is 0.328 e. The topological polar surface area (TPSA) is 58.4 Å². The van der Waals surface area contributed by atoms with Gasteiger partial charge < -0.3 is 16.0 Å². The molecule has 0 aliphatic rings. The van der Waals surface area contributed by atoms with Crippen LogP contribution in [0.25, 0.3) is 0 Å². The van der Waals surface area contributed by atoms with Crippen LogP contribution in [0.1, 0.15) is 30.9 Å². The second-order valence-corrected chi connectivity index (χ2v) is 5.46. The van der Waals surface area contributed by atoms with E-state index in [1.54, 1.807) is 0 Å². The Hall–Kier alpha value is -0.810. The fraction of sp³-hybridized carbons (Fsp3) is 0.533. The molecule has 1 amide bonds. The molecular formula is C15H27Cl2N3O. The molecule has 0 saturated heterocycles. The number of hydrogen-bond acceptors (Lipinski definition) is 3. The molecule has 0 aromatic heterocycles. The van der Waals surface area contributed by atoms with E-state index < -0.39 is 0 Å². The number of rotatable bonds is 6. The lowest BCUT2D eigenvalue weighted by molar-refractivity contribution is -0.116. The van der Waals surface area contributed by atoms with E-state index in [1.807, 2.05) is 33.2 Å². The number of anilines is 1. The number of nitrogens with zero attached hydrogens (tertiary/aromatic N) is 1. The molecule has 0 heterocycles. The van der Waals surface area contributed by atoms with E-state index in [-0.39, 0.29) is 36.8 Å². The van der Waals surface area contributed by atoms with Crippen LogP contribution in [0.4, 0.5) is 5.69 Å². The van der Waals surface area contributed by atoms with E-state index in [4.69, 9.17) is 5.73 Å². The van der Waals surface area contributed by atoms with E-state index in [2.05, 4.69) is 23.2 Å². The molecule has 0 spiro atoms. The Morgan fingerprint density at radius 3 is 2.48 bits per heavy atom. The normalized spacial score (nSPS) is 11.3. The van der Waals surface area contributed by atoms with Gasteiger partial charge in [-0.05, 0) is 46.0 Å². The van der Waals surface area contributed by atoms with Gasteiger partial charge in [-0.15, -0.1) is 24.8 Å². The first-order valence-corrected chi connectivity index (χ1v) is 6.68. The average molecular weight is 336 g/mol. The molecule has 1 atom stereocenters. The van der Waals surface area contributed by atoms with Crippen molar-refractivity contribution in [3.05, 3.63) is 29.3 Å². The van der Waals surface area contributed by atoms with Crippen molar-refractivity contribution in [2.24, 2.45) is 5.73 Å². The molecule has 122 valence electrons. The van der Waals surface area contributed by atoms with E-state index in [1.165, 1.54) is 5.56 Å². The Bertz CT molecular complexity index is 437. The Labute approximate surface area is 140 Å². The smallest absolute Gasteiger partial charge is 0.224 e. The number of nitrogens with two attached hydrogens (primary N) is 1. The summed E-state index contributed by atoms with van der Waals surface area (Å²) in [7, 11) is 4.04. The van der Waals surface area contributed by atoms with Gasteiger partial charge in [0.2, 0.25) is 5.91 Å². The molecular weight excluding hydrogens is 309 g/mol. The van der Waals surface area contributed by atoms with Crippen LogP contribution in [0.3, 0.4) is 0 Å². The number of aryl methyl sites for hydroxylation is 1. The number of benzene rings is 1. The van der Waals surface area contributed by atoms with Gasteiger partial charge in [-0.1, -0.05) is 17.7 Å². The van der Waals surface area contributed by atoms with E-state index in [0.29, 0.717) is 12.8 Å². The second-order valence-electron chi connectivity index (χ2n) is 5.46. The fourth-order valence-electron chi connectivity index (χ4n) is 1.89. The maximum Gasteiger partial charge on any atom is 0.224 e. The highest BCUT2D eigenvalue weighted by Crippen LogP contribution is 2.19. The lowest BCUT2D eigenvalue weighted by Crippen LogP contribution is -2.20. The maximum atomic E-state index is 11.9. The van der Waals surface area contributed by atoms with Crippen LogP contribution in [0, 0.1) is 6.92 Å². The highest BCUT2D eigenvalue weighted by Gasteiger charge is 2.09.